The Bertz CT molecular complexity index is 173. The van der Waals surface area contributed by atoms with E-state index in [9.17, 15) is 4.79 Å². The van der Waals surface area contributed by atoms with Crippen LogP contribution in [0.4, 0.5) is 0 Å². The van der Waals surface area contributed by atoms with Gasteiger partial charge < -0.3 is 9.84 Å². The molecule has 1 aliphatic carbocycles. The van der Waals surface area contributed by atoms with Crippen molar-refractivity contribution in [2.75, 3.05) is 6.61 Å². The predicted molar refractivity (Wildman–Crippen MR) is 54.2 cm³/mol. The molecule has 82 valence electrons. The molecule has 0 aromatic carbocycles. The summed E-state index contributed by atoms with van der Waals surface area (Å²) in [6, 6.07) is 0. The van der Waals surface area contributed by atoms with E-state index in [0.29, 0.717) is 19.1 Å². The summed E-state index contributed by atoms with van der Waals surface area (Å²) in [5.41, 5.74) is 0. The molecular formula is C11H20O3. The van der Waals surface area contributed by atoms with E-state index in [1.54, 1.807) is 6.92 Å². The van der Waals surface area contributed by atoms with Crippen LogP contribution in [0, 0.1) is 5.92 Å². The third-order valence-electron chi connectivity index (χ3n) is 2.88. The monoisotopic (exact) mass is 200 g/mol. The summed E-state index contributed by atoms with van der Waals surface area (Å²) in [6.45, 7) is 2.32. The summed E-state index contributed by atoms with van der Waals surface area (Å²) in [7, 11) is 0. The van der Waals surface area contributed by atoms with Gasteiger partial charge in [-0.2, -0.15) is 0 Å². The minimum atomic E-state index is -0.725. The fourth-order valence-electron chi connectivity index (χ4n) is 1.77. The number of rotatable bonds is 5. The fourth-order valence-corrected chi connectivity index (χ4v) is 1.77. The van der Waals surface area contributed by atoms with Crippen LogP contribution in [0.1, 0.15) is 45.4 Å². The topological polar surface area (TPSA) is 46.5 Å². The third kappa shape index (κ3) is 4.09. The van der Waals surface area contributed by atoms with Crippen molar-refractivity contribution >= 4 is 5.97 Å². The van der Waals surface area contributed by atoms with E-state index in [1.807, 2.05) is 0 Å². The first-order valence-corrected chi connectivity index (χ1v) is 5.54. The van der Waals surface area contributed by atoms with E-state index < -0.39 is 5.97 Å². The fraction of sp³-hybridized carbons (Fsp3) is 0.909. The van der Waals surface area contributed by atoms with Crippen molar-refractivity contribution in [1.82, 2.24) is 0 Å². The van der Waals surface area contributed by atoms with Crippen LogP contribution in [0.25, 0.3) is 0 Å². The number of carbonyl (C=O) groups is 1. The summed E-state index contributed by atoms with van der Waals surface area (Å²) >= 11 is 0. The van der Waals surface area contributed by atoms with Gasteiger partial charge in [0.15, 0.2) is 0 Å². The molecule has 1 saturated carbocycles. The van der Waals surface area contributed by atoms with Gasteiger partial charge in [-0.05, 0) is 19.3 Å². The molecule has 14 heavy (non-hydrogen) atoms. The quantitative estimate of drug-likeness (QED) is 0.741. The van der Waals surface area contributed by atoms with E-state index in [4.69, 9.17) is 9.84 Å². The Balaban J connectivity index is 2.05. The zero-order valence-electron chi connectivity index (χ0n) is 8.87. The summed E-state index contributed by atoms with van der Waals surface area (Å²) in [6.07, 6.45) is 7.18. The van der Waals surface area contributed by atoms with Crippen molar-refractivity contribution in [1.29, 1.82) is 0 Å². The molecule has 1 fully saturated rings. The molecule has 0 aromatic rings. The van der Waals surface area contributed by atoms with E-state index in [0.717, 1.165) is 12.8 Å². The number of hydrogen-bond acceptors (Lipinski definition) is 2. The second kappa shape index (κ2) is 6.02. The van der Waals surface area contributed by atoms with Crippen LogP contribution in [0.3, 0.4) is 0 Å². The molecule has 0 saturated heterocycles. The van der Waals surface area contributed by atoms with Crippen molar-refractivity contribution < 1.29 is 14.6 Å². The molecule has 1 unspecified atom stereocenters. The molecule has 1 aliphatic rings. The largest absolute Gasteiger partial charge is 0.481 e. The van der Waals surface area contributed by atoms with Crippen molar-refractivity contribution in [2.24, 2.45) is 5.92 Å². The zero-order valence-corrected chi connectivity index (χ0v) is 8.87. The van der Waals surface area contributed by atoms with Crippen molar-refractivity contribution in [3.05, 3.63) is 0 Å². The SMILES string of the molecule is CC(CCOC1CCCCC1)C(=O)O. The number of aliphatic carboxylic acids is 1. The van der Waals surface area contributed by atoms with Gasteiger partial charge in [-0.15, -0.1) is 0 Å². The van der Waals surface area contributed by atoms with Crippen LogP contribution in [0.2, 0.25) is 0 Å². The van der Waals surface area contributed by atoms with Crippen molar-refractivity contribution in [3.63, 3.8) is 0 Å². The van der Waals surface area contributed by atoms with E-state index >= 15 is 0 Å². The molecule has 0 aromatic heterocycles. The lowest BCUT2D eigenvalue weighted by Crippen LogP contribution is -2.19. The predicted octanol–water partition coefficient (Wildman–Crippen LogP) is 2.45. The number of carboxylic acid groups (broad SMARTS) is 1. The van der Waals surface area contributed by atoms with Gasteiger partial charge >= 0.3 is 5.97 Å². The average molecular weight is 200 g/mol. The first-order chi connectivity index (χ1) is 6.70. The standard InChI is InChI=1S/C11H20O3/c1-9(11(12)13)7-8-14-10-5-3-2-4-6-10/h9-10H,2-8H2,1H3,(H,12,13). The summed E-state index contributed by atoms with van der Waals surface area (Å²) in [5, 5.41) is 8.66. The Morgan fingerprint density at radius 3 is 2.64 bits per heavy atom. The first kappa shape index (κ1) is 11.5. The maximum atomic E-state index is 10.5. The highest BCUT2D eigenvalue weighted by Gasteiger charge is 2.15. The van der Waals surface area contributed by atoms with Crippen LogP contribution in [-0.2, 0) is 9.53 Å². The highest BCUT2D eigenvalue weighted by molar-refractivity contribution is 5.69. The molecule has 0 bridgehead atoms. The molecule has 3 heteroatoms. The van der Waals surface area contributed by atoms with Crippen LogP contribution >= 0.6 is 0 Å². The van der Waals surface area contributed by atoms with Crippen LogP contribution in [-0.4, -0.2) is 23.8 Å². The molecule has 0 heterocycles. The third-order valence-corrected chi connectivity index (χ3v) is 2.88. The Morgan fingerprint density at radius 2 is 2.07 bits per heavy atom. The number of hydrogen-bond donors (Lipinski definition) is 1. The number of ether oxygens (including phenoxy) is 1. The van der Waals surface area contributed by atoms with Gasteiger partial charge in [0.25, 0.3) is 0 Å². The summed E-state index contributed by atoms with van der Waals surface area (Å²) in [4.78, 5) is 10.5. The van der Waals surface area contributed by atoms with E-state index in [2.05, 4.69) is 0 Å². The van der Waals surface area contributed by atoms with Crippen LogP contribution < -0.4 is 0 Å². The molecule has 1 atom stereocenters. The van der Waals surface area contributed by atoms with Gasteiger partial charge in [0.05, 0.1) is 12.0 Å². The summed E-state index contributed by atoms with van der Waals surface area (Å²) in [5.74, 6) is -1.00. The minimum Gasteiger partial charge on any atom is -0.481 e. The van der Waals surface area contributed by atoms with Crippen LogP contribution in [0.15, 0.2) is 0 Å². The minimum absolute atomic E-state index is 0.279. The Kier molecular flexibility index (Phi) is 4.94. The molecule has 1 N–H and O–H groups in total. The molecule has 0 radical (unpaired) electrons. The second-order valence-electron chi connectivity index (χ2n) is 4.16. The van der Waals surface area contributed by atoms with Gasteiger partial charge in [0.2, 0.25) is 0 Å². The van der Waals surface area contributed by atoms with Gasteiger partial charge in [-0.25, -0.2) is 0 Å². The Hall–Kier alpha value is -0.570. The van der Waals surface area contributed by atoms with Gasteiger partial charge in [0.1, 0.15) is 0 Å². The lowest BCUT2D eigenvalue weighted by atomic mass is 9.98. The van der Waals surface area contributed by atoms with Gasteiger partial charge in [-0.1, -0.05) is 26.2 Å². The van der Waals surface area contributed by atoms with Crippen molar-refractivity contribution in [2.45, 2.75) is 51.6 Å². The molecule has 1 rings (SSSR count). The molecule has 0 aliphatic heterocycles. The smallest absolute Gasteiger partial charge is 0.306 e. The average Bonchev–Trinajstić information content (AvgIpc) is 2.19. The Morgan fingerprint density at radius 1 is 1.43 bits per heavy atom. The van der Waals surface area contributed by atoms with Crippen LogP contribution in [0.5, 0.6) is 0 Å². The van der Waals surface area contributed by atoms with E-state index in [1.165, 1.54) is 19.3 Å². The highest BCUT2D eigenvalue weighted by atomic mass is 16.5. The van der Waals surface area contributed by atoms with Crippen molar-refractivity contribution in [3.8, 4) is 0 Å². The lowest BCUT2D eigenvalue weighted by molar-refractivity contribution is -0.142. The van der Waals surface area contributed by atoms with Gasteiger partial charge in [0, 0.05) is 6.61 Å². The molecular weight excluding hydrogens is 180 g/mol. The Labute approximate surface area is 85.5 Å². The second-order valence-corrected chi connectivity index (χ2v) is 4.16. The van der Waals surface area contributed by atoms with Gasteiger partial charge in [-0.3, -0.25) is 4.79 Å². The van der Waals surface area contributed by atoms with E-state index in [-0.39, 0.29) is 5.92 Å². The maximum absolute atomic E-state index is 10.5. The lowest BCUT2D eigenvalue weighted by Gasteiger charge is -2.22. The normalized spacial score (nSPS) is 20.6. The number of carboxylic acids is 1. The first-order valence-electron chi connectivity index (χ1n) is 5.54. The maximum Gasteiger partial charge on any atom is 0.306 e. The summed E-state index contributed by atoms with van der Waals surface area (Å²) < 4.78 is 5.64. The molecule has 3 nitrogen and oxygen atoms in total. The highest BCUT2D eigenvalue weighted by Crippen LogP contribution is 2.20. The zero-order chi connectivity index (χ0) is 10.4. The molecule has 0 amide bonds. The molecule has 0 spiro atoms.